The summed E-state index contributed by atoms with van der Waals surface area (Å²) in [6.45, 7) is 2.41. The summed E-state index contributed by atoms with van der Waals surface area (Å²) in [6, 6.07) is 0. The Morgan fingerprint density at radius 3 is 1.93 bits per heavy atom. The van der Waals surface area contributed by atoms with Gasteiger partial charge in [-0.15, -0.1) is 12.6 Å². The third-order valence-corrected chi connectivity index (χ3v) is 1.40. The average Bonchev–Trinajstić information content (AvgIpc) is 2.15. The van der Waals surface area contributed by atoms with E-state index in [-0.39, 0.29) is 13.2 Å². The van der Waals surface area contributed by atoms with Gasteiger partial charge < -0.3 is 24.4 Å². The van der Waals surface area contributed by atoms with Crippen LogP contribution in [0.5, 0.6) is 0 Å². The SMILES string of the molecule is OCCOCCOCCOCC(O)S. The van der Waals surface area contributed by atoms with Crippen LogP contribution in [-0.2, 0) is 14.2 Å². The molecular weight excluding hydrogens is 208 g/mol. The van der Waals surface area contributed by atoms with Crippen molar-refractivity contribution in [3.63, 3.8) is 0 Å². The molecule has 14 heavy (non-hydrogen) atoms. The lowest BCUT2D eigenvalue weighted by Crippen LogP contribution is -2.14. The van der Waals surface area contributed by atoms with Gasteiger partial charge in [-0.3, -0.25) is 0 Å². The van der Waals surface area contributed by atoms with Crippen LogP contribution in [0, 0.1) is 0 Å². The summed E-state index contributed by atoms with van der Waals surface area (Å²) in [4.78, 5) is 0. The van der Waals surface area contributed by atoms with Gasteiger partial charge in [0.1, 0.15) is 5.44 Å². The first-order valence-electron chi connectivity index (χ1n) is 4.47. The van der Waals surface area contributed by atoms with E-state index in [1.54, 1.807) is 0 Å². The topological polar surface area (TPSA) is 68.2 Å². The zero-order valence-electron chi connectivity index (χ0n) is 8.09. The third-order valence-electron chi connectivity index (χ3n) is 1.25. The highest BCUT2D eigenvalue weighted by Crippen LogP contribution is 1.89. The fraction of sp³-hybridized carbons (Fsp3) is 1.00. The Kier molecular flexibility index (Phi) is 11.3. The molecule has 0 bridgehead atoms. The van der Waals surface area contributed by atoms with Gasteiger partial charge in [0, 0.05) is 0 Å². The molecule has 0 aromatic carbocycles. The van der Waals surface area contributed by atoms with E-state index in [2.05, 4.69) is 12.6 Å². The molecule has 0 saturated heterocycles. The van der Waals surface area contributed by atoms with Gasteiger partial charge in [-0.05, 0) is 0 Å². The van der Waals surface area contributed by atoms with Crippen LogP contribution in [0.15, 0.2) is 0 Å². The highest BCUT2D eigenvalue weighted by molar-refractivity contribution is 7.80. The van der Waals surface area contributed by atoms with Crippen molar-refractivity contribution in [1.82, 2.24) is 0 Å². The van der Waals surface area contributed by atoms with E-state index in [0.717, 1.165) is 0 Å². The number of ether oxygens (including phenoxy) is 3. The first kappa shape index (κ1) is 14.2. The van der Waals surface area contributed by atoms with Crippen LogP contribution >= 0.6 is 12.6 Å². The summed E-state index contributed by atoms with van der Waals surface area (Å²) in [7, 11) is 0. The van der Waals surface area contributed by atoms with Crippen molar-refractivity contribution < 1.29 is 24.4 Å². The van der Waals surface area contributed by atoms with Crippen LogP contribution in [-0.4, -0.2) is 61.9 Å². The molecule has 0 aliphatic carbocycles. The lowest BCUT2D eigenvalue weighted by Gasteiger charge is -2.06. The van der Waals surface area contributed by atoms with Crippen LogP contribution in [0.4, 0.5) is 0 Å². The van der Waals surface area contributed by atoms with Crippen molar-refractivity contribution in [3.05, 3.63) is 0 Å². The number of hydrogen-bond acceptors (Lipinski definition) is 6. The molecule has 0 fully saturated rings. The Hall–Kier alpha value is 0.150. The Balaban J connectivity index is 2.85. The first-order chi connectivity index (χ1) is 6.77. The molecule has 0 heterocycles. The summed E-state index contributed by atoms with van der Waals surface area (Å²) < 4.78 is 15.1. The van der Waals surface area contributed by atoms with Gasteiger partial charge in [0.2, 0.25) is 0 Å². The van der Waals surface area contributed by atoms with Gasteiger partial charge in [-0.2, -0.15) is 0 Å². The number of hydrogen-bond donors (Lipinski definition) is 3. The predicted molar refractivity (Wildman–Crippen MR) is 54.5 cm³/mol. The van der Waals surface area contributed by atoms with Gasteiger partial charge in [0.05, 0.1) is 46.2 Å². The van der Waals surface area contributed by atoms with Crippen LogP contribution in [0.2, 0.25) is 0 Å². The minimum atomic E-state index is -0.733. The Morgan fingerprint density at radius 2 is 1.43 bits per heavy atom. The van der Waals surface area contributed by atoms with Crippen molar-refractivity contribution in [1.29, 1.82) is 0 Å². The van der Waals surface area contributed by atoms with Gasteiger partial charge in [-0.25, -0.2) is 0 Å². The van der Waals surface area contributed by atoms with Crippen molar-refractivity contribution >= 4 is 12.6 Å². The average molecular weight is 226 g/mol. The number of aliphatic hydroxyl groups is 2. The standard InChI is InChI=1S/C8H18O5S/c9-1-2-11-3-4-12-5-6-13-7-8(10)14/h8-10,14H,1-7H2. The molecule has 0 aromatic rings. The van der Waals surface area contributed by atoms with Gasteiger partial charge in [0.25, 0.3) is 0 Å². The van der Waals surface area contributed by atoms with Crippen LogP contribution in [0.3, 0.4) is 0 Å². The second kappa shape index (κ2) is 11.2. The molecule has 0 radical (unpaired) electrons. The van der Waals surface area contributed by atoms with Crippen molar-refractivity contribution in [2.24, 2.45) is 0 Å². The monoisotopic (exact) mass is 226 g/mol. The van der Waals surface area contributed by atoms with E-state index in [1.165, 1.54) is 0 Å². The summed E-state index contributed by atoms with van der Waals surface area (Å²) in [6.07, 6.45) is 0. The third kappa shape index (κ3) is 12.2. The second-order valence-corrected chi connectivity index (χ2v) is 3.10. The van der Waals surface area contributed by atoms with Crippen molar-refractivity contribution in [2.45, 2.75) is 5.44 Å². The lowest BCUT2D eigenvalue weighted by molar-refractivity contribution is -0.000587. The summed E-state index contributed by atoms with van der Waals surface area (Å²) in [5, 5.41) is 17.1. The highest BCUT2D eigenvalue weighted by Gasteiger charge is 1.95. The van der Waals surface area contributed by atoms with Crippen LogP contribution in [0.1, 0.15) is 0 Å². The van der Waals surface area contributed by atoms with E-state index < -0.39 is 5.44 Å². The van der Waals surface area contributed by atoms with Crippen molar-refractivity contribution in [3.8, 4) is 0 Å². The largest absolute Gasteiger partial charge is 0.394 e. The lowest BCUT2D eigenvalue weighted by atomic mass is 10.7. The van der Waals surface area contributed by atoms with Gasteiger partial charge in [0.15, 0.2) is 0 Å². The van der Waals surface area contributed by atoms with Crippen LogP contribution < -0.4 is 0 Å². The van der Waals surface area contributed by atoms with Crippen LogP contribution in [0.25, 0.3) is 0 Å². The normalized spacial score (nSPS) is 13.1. The van der Waals surface area contributed by atoms with Gasteiger partial charge in [-0.1, -0.05) is 0 Å². The molecule has 1 unspecified atom stereocenters. The Bertz CT molecular complexity index is 112. The molecular formula is C8H18O5S. The Labute approximate surface area is 89.4 Å². The molecule has 0 saturated carbocycles. The summed E-state index contributed by atoms with van der Waals surface area (Å²) in [5.74, 6) is 0. The minimum absolute atomic E-state index is 0.0307. The fourth-order valence-electron chi connectivity index (χ4n) is 0.693. The molecule has 2 N–H and O–H groups in total. The van der Waals surface area contributed by atoms with E-state index in [0.29, 0.717) is 33.0 Å². The number of aliphatic hydroxyl groups excluding tert-OH is 2. The molecule has 6 heteroatoms. The van der Waals surface area contributed by atoms with Crippen molar-refractivity contribution in [2.75, 3.05) is 46.2 Å². The minimum Gasteiger partial charge on any atom is -0.394 e. The molecule has 5 nitrogen and oxygen atoms in total. The van der Waals surface area contributed by atoms with Gasteiger partial charge >= 0.3 is 0 Å². The maximum absolute atomic E-state index is 8.71. The molecule has 0 amide bonds. The fourth-order valence-corrected chi connectivity index (χ4v) is 0.799. The number of thiol groups is 1. The Morgan fingerprint density at radius 1 is 0.929 bits per heavy atom. The summed E-state index contributed by atoms with van der Waals surface area (Å²) >= 11 is 3.73. The van der Waals surface area contributed by atoms with E-state index in [9.17, 15) is 0 Å². The molecule has 86 valence electrons. The zero-order valence-corrected chi connectivity index (χ0v) is 8.99. The maximum atomic E-state index is 8.71. The molecule has 0 aliphatic rings. The predicted octanol–water partition coefficient (Wildman–Crippen LogP) is -0.723. The second-order valence-electron chi connectivity index (χ2n) is 2.50. The first-order valence-corrected chi connectivity index (χ1v) is 4.99. The molecule has 0 rings (SSSR count). The maximum Gasteiger partial charge on any atom is 0.120 e. The molecule has 0 aromatic heterocycles. The quantitative estimate of drug-likeness (QED) is 0.260. The summed E-state index contributed by atoms with van der Waals surface area (Å²) in [5.41, 5.74) is -0.733. The smallest absolute Gasteiger partial charge is 0.120 e. The van der Waals surface area contributed by atoms with E-state index in [1.807, 2.05) is 0 Å². The number of rotatable bonds is 10. The highest BCUT2D eigenvalue weighted by atomic mass is 32.1. The molecule has 1 atom stereocenters. The molecule has 0 aliphatic heterocycles. The zero-order chi connectivity index (χ0) is 10.6. The van der Waals surface area contributed by atoms with E-state index >= 15 is 0 Å². The van der Waals surface area contributed by atoms with E-state index in [4.69, 9.17) is 24.4 Å². The molecule has 0 spiro atoms.